The fraction of sp³-hybridized carbons (Fsp3) is 0.576. The SMILES string of the molecule is C[C@]12C=CC(=O)C=C1CC[C@H]1[C@@H]2[C@H](O)C[C@@]2(C)[C@H]1CC[C@]2(O)C(=O)COC(=O)CCC(=O)NCCc1ccc(F)cc1. The number of nitrogens with one attached hydrogen (secondary N) is 1. The Kier molecular flexibility index (Phi) is 8.29. The van der Waals surface area contributed by atoms with E-state index in [1.165, 1.54) is 12.1 Å². The van der Waals surface area contributed by atoms with Crippen molar-refractivity contribution in [2.24, 2.45) is 28.6 Å². The van der Waals surface area contributed by atoms with Crippen LogP contribution in [-0.2, 0) is 30.3 Å². The molecule has 0 unspecified atom stereocenters. The molecule has 1 aromatic carbocycles. The van der Waals surface area contributed by atoms with Gasteiger partial charge in [-0.3, -0.25) is 19.2 Å². The van der Waals surface area contributed by atoms with Gasteiger partial charge < -0.3 is 20.3 Å². The van der Waals surface area contributed by atoms with Gasteiger partial charge >= 0.3 is 5.97 Å². The van der Waals surface area contributed by atoms with Gasteiger partial charge in [-0.2, -0.15) is 0 Å². The zero-order chi connectivity index (χ0) is 30.3. The molecule has 5 rings (SSSR count). The summed E-state index contributed by atoms with van der Waals surface area (Å²) in [4.78, 5) is 49.9. The van der Waals surface area contributed by atoms with Crippen LogP contribution >= 0.6 is 0 Å². The van der Waals surface area contributed by atoms with E-state index in [0.717, 1.165) is 24.0 Å². The largest absolute Gasteiger partial charge is 0.458 e. The van der Waals surface area contributed by atoms with Crippen LogP contribution in [0.2, 0.25) is 0 Å². The number of rotatable bonds is 9. The Hall–Kier alpha value is -3.17. The lowest BCUT2D eigenvalue weighted by Gasteiger charge is -2.59. The predicted octanol–water partition coefficient (Wildman–Crippen LogP) is 3.39. The maximum absolute atomic E-state index is 13.4. The summed E-state index contributed by atoms with van der Waals surface area (Å²) in [6, 6.07) is 5.99. The van der Waals surface area contributed by atoms with Crippen molar-refractivity contribution >= 4 is 23.4 Å². The van der Waals surface area contributed by atoms with Crippen LogP contribution in [0.4, 0.5) is 4.39 Å². The van der Waals surface area contributed by atoms with E-state index < -0.39 is 40.9 Å². The number of hydrogen-bond donors (Lipinski definition) is 3. The minimum absolute atomic E-state index is 0.00133. The molecule has 7 atom stereocenters. The molecule has 0 aromatic heterocycles. The number of hydrogen-bond acceptors (Lipinski definition) is 7. The summed E-state index contributed by atoms with van der Waals surface area (Å²) in [7, 11) is 0. The third-order valence-corrected chi connectivity index (χ3v) is 10.7. The number of aliphatic hydroxyl groups is 2. The minimum atomic E-state index is -1.74. The molecule has 9 heteroatoms. The highest BCUT2D eigenvalue weighted by Crippen LogP contribution is 2.67. The fourth-order valence-corrected chi connectivity index (χ4v) is 8.43. The summed E-state index contributed by atoms with van der Waals surface area (Å²) in [5, 5.41) is 26.0. The van der Waals surface area contributed by atoms with Crippen LogP contribution < -0.4 is 5.32 Å². The predicted molar refractivity (Wildman–Crippen MR) is 151 cm³/mol. The lowest BCUT2D eigenvalue weighted by atomic mass is 9.46. The molecule has 0 heterocycles. The van der Waals surface area contributed by atoms with E-state index in [9.17, 15) is 33.8 Å². The Morgan fingerprint density at radius 2 is 1.86 bits per heavy atom. The fourth-order valence-electron chi connectivity index (χ4n) is 8.43. The van der Waals surface area contributed by atoms with Gasteiger partial charge in [-0.05, 0) is 80.2 Å². The number of amides is 1. The maximum Gasteiger partial charge on any atom is 0.306 e. The summed E-state index contributed by atoms with van der Waals surface area (Å²) in [6.07, 6.45) is 7.21. The van der Waals surface area contributed by atoms with E-state index in [4.69, 9.17) is 4.74 Å². The molecule has 8 nitrogen and oxygen atoms in total. The first-order chi connectivity index (χ1) is 19.9. The van der Waals surface area contributed by atoms with Gasteiger partial charge in [0.15, 0.2) is 12.4 Å². The number of ketones is 2. The van der Waals surface area contributed by atoms with E-state index in [1.54, 1.807) is 24.3 Å². The molecule has 3 N–H and O–H groups in total. The molecule has 42 heavy (non-hydrogen) atoms. The smallest absolute Gasteiger partial charge is 0.306 e. The average molecular weight is 582 g/mol. The number of ether oxygens (including phenoxy) is 1. The standard InChI is InChI=1S/C33H40FNO7/c1-31-14-11-23(36)17-21(31)5-8-24-25-12-15-33(41,32(25,2)18-26(37)30(24)31)27(38)19-42-29(40)10-9-28(39)35-16-13-20-3-6-22(34)7-4-20/h3-4,6-7,11,14,17,24-26,30,37,41H,5,8-10,12-13,15-16,18-19H2,1-2H3,(H,35,39)/t24-,25+,26-,30-,31+,32+,33+/m1/s1. The molecule has 0 aliphatic heterocycles. The Labute approximate surface area is 245 Å². The van der Waals surface area contributed by atoms with Gasteiger partial charge in [0.1, 0.15) is 11.4 Å². The van der Waals surface area contributed by atoms with Gasteiger partial charge in [0.2, 0.25) is 11.7 Å². The van der Waals surface area contributed by atoms with Crippen LogP contribution in [-0.4, -0.2) is 58.5 Å². The van der Waals surface area contributed by atoms with Crippen molar-refractivity contribution in [3.05, 3.63) is 59.4 Å². The van der Waals surface area contributed by atoms with Crippen molar-refractivity contribution in [2.75, 3.05) is 13.2 Å². The Balaban J connectivity index is 1.14. The molecule has 0 radical (unpaired) electrons. The molecule has 1 amide bonds. The molecule has 1 aromatic rings. The second-order valence-electron chi connectivity index (χ2n) is 12.9. The second-order valence-corrected chi connectivity index (χ2v) is 12.9. The third-order valence-electron chi connectivity index (χ3n) is 10.7. The first-order valence-corrected chi connectivity index (χ1v) is 14.9. The summed E-state index contributed by atoms with van der Waals surface area (Å²) < 4.78 is 18.2. The molecular weight excluding hydrogens is 541 g/mol. The van der Waals surface area contributed by atoms with Crippen LogP contribution in [0.15, 0.2) is 48.1 Å². The Morgan fingerprint density at radius 1 is 1.12 bits per heavy atom. The van der Waals surface area contributed by atoms with Gasteiger partial charge in [0, 0.05) is 29.7 Å². The van der Waals surface area contributed by atoms with Crippen molar-refractivity contribution in [3.8, 4) is 0 Å². The number of aliphatic hydroxyl groups excluding tert-OH is 1. The molecular formula is C33H40FNO7. The molecule has 0 saturated heterocycles. The summed E-state index contributed by atoms with van der Waals surface area (Å²) in [5.41, 5.74) is -1.15. The Morgan fingerprint density at radius 3 is 2.60 bits per heavy atom. The number of allylic oxidation sites excluding steroid dienone is 4. The number of Topliss-reactive ketones (excluding diaryl/α,β-unsaturated/α-hetero) is 1. The van der Waals surface area contributed by atoms with Crippen molar-refractivity contribution in [3.63, 3.8) is 0 Å². The first-order valence-electron chi connectivity index (χ1n) is 14.9. The van der Waals surface area contributed by atoms with Crippen LogP contribution in [0.3, 0.4) is 0 Å². The molecule has 226 valence electrons. The lowest BCUT2D eigenvalue weighted by molar-refractivity contribution is -0.181. The van der Waals surface area contributed by atoms with E-state index >= 15 is 0 Å². The summed E-state index contributed by atoms with van der Waals surface area (Å²) in [6.45, 7) is 3.68. The number of carbonyl (C=O) groups excluding carboxylic acids is 4. The summed E-state index contributed by atoms with van der Waals surface area (Å²) >= 11 is 0. The van der Waals surface area contributed by atoms with Crippen molar-refractivity contribution in [2.45, 2.75) is 76.9 Å². The average Bonchev–Trinajstić information content (AvgIpc) is 3.22. The normalized spacial score (nSPS) is 35.0. The molecule has 3 fully saturated rings. The number of fused-ring (bicyclic) bond motifs is 5. The highest BCUT2D eigenvalue weighted by Gasteiger charge is 2.68. The minimum Gasteiger partial charge on any atom is -0.458 e. The number of halogens is 1. The lowest BCUT2D eigenvalue weighted by Crippen LogP contribution is -2.61. The summed E-state index contributed by atoms with van der Waals surface area (Å²) in [5.74, 6) is -2.03. The van der Waals surface area contributed by atoms with Gasteiger partial charge in [0.05, 0.1) is 12.5 Å². The monoisotopic (exact) mass is 581 g/mol. The van der Waals surface area contributed by atoms with Gasteiger partial charge in [-0.15, -0.1) is 0 Å². The van der Waals surface area contributed by atoms with Crippen molar-refractivity contribution in [1.29, 1.82) is 0 Å². The highest BCUT2D eigenvalue weighted by atomic mass is 19.1. The molecule has 0 spiro atoms. The van der Waals surface area contributed by atoms with E-state index in [1.807, 2.05) is 13.0 Å². The first kappa shape index (κ1) is 30.3. The quantitative estimate of drug-likeness (QED) is 0.381. The number of benzene rings is 1. The van der Waals surface area contributed by atoms with Gasteiger partial charge in [-0.25, -0.2) is 4.39 Å². The maximum atomic E-state index is 13.4. The molecule has 4 aliphatic carbocycles. The highest BCUT2D eigenvalue weighted by molar-refractivity contribution is 6.01. The topological polar surface area (TPSA) is 130 Å². The van der Waals surface area contributed by atoms with E-state index in [0.29, 0.717) is 19.4 Å². The van der Waals surface area contributed by atoms with Gasteiger partial charge in [-0.1, -0.05) is 37.6 Å². The van der Waals surface area contributed by atoms with Gasteiger partial charge in [0.25, 0.3) is 0 Å². The molecule has 4 aliphatic rings. The van der Waals surface area contributed by atoms with E-state index in [2.05, 4.69) is 12.2 Å². The molecule has 0 bridgehead atoms. The van der Waals surface area contributed by atoms with E-state index in [-0.39, 0.29) is 60.9 Å². The zero-order valence-corrected chi connectivity index (χ0v) is 24.2. The third kappa shape index (κ3) is 5.37. The van der Waals surface area contributed by atoms with Crippen LogP contribution in [0.5, 0.6) is 0 Å². The van der Waals surface area contributed by atoms with Crippen LogP contribution in [0, 0.1) is 34.4 Å². The zero-order valence-electron chi connectivity index (χ0n) is 24.2. The Bertz CT molecular complexity index is 1320. The molecule has 3 saturated carbocycles. The van der Waals surface area contributed by atoms with Crippen LogP contribution in [0.25, 0.3) is 0 Å². The second kappa shape index (κ2) is 11.5. The van der Waals surface area contributed by atoms with Crippen LogP contribution in [0.1, 0.15) is 64.4 Å². The number of esters is 1. The number of carbonyl (C=O) groups is 4. The van der Waals surface area contributed by atoms with Crippen molar-refractivity contribution < 1.29 is 38.5 Å². The van der Waals surface area contributed by atoms with Crippen molar-refractivity contribution in [1.82, 2.24) is 5.32 Å².